The number of thioether (sulfide) groups is 1. The Bertz CT molecular complexity index is 589. The Morgan fingerprint density at radius 3 is 2.52 bits per heavy atom. The topological polar surface area (TPSA) is 12.0 Å². The van der Waals surface area contributed by atoms with Gasteiger partial charge in [0.1, 0.15) is 5.82 Å². The van der Waals surface area contributed by atoms with E-state index in [4.69, 9.17) is 23.2 Å². The van der Waals surface area contributed by atoms with Crippen molar-refractivity contribution >= 4 is 35.0 Å². The van der Waals surface area contributed by atoms with Crippen LogP contribution in [0.15, 0.2) is 47.4 Å². The first kappa shape index (κ1) is 16.6. The summed E-state index contributed by atoms with van der Waals surface area (Å²) >= 11 is 13.7. The Morgan fingerprint density at radius 2 is 1.86 bits per heavy atom. The summed E-state index contributed by atoms with van der Waals surface area (Å²) in [5.74, 6) is 0.611. The molecule has 2 aromatic carbocycles. The van der Waals surface area contributed by atoms with Crippen LogP contribution in [-0.2, 0) is 6.42 Å². The fourth-order valence-electron chi connectivity index (χ4n) is 1.94. The molecule has 0 aromatic heterocycles. The Hall–Kier alpha value is -0.740. The van der Waals surface area contributed by atoms with Gasteiger partial charge < -0.3 is 5.32 Å². The summed E-state index contributed by atoms with van der Waals surface area (Å²) in [6.45, 7) is 0. The Kier molecular flexibility index (Phi) is 6.37. The van der Waals surface area contributed by atoms with Gasteiger partial charge in [-0.3, -0.25) is 0 Å². The maximum atomic E-state index is 13.3. The highest BCUT2D eigenvalue weighted by Crippen LogP contribution is 2.24. The predicted molar refractivity (Wildman–Crippen MR) is 90.1 cm³/mol. The van der Waals surface area contributed by atoms with Gasteiger partial charge in [0.25, 0.3) is 0 Å². The molecule has 1 nitrogen and oxygen atoms in total. The molecule has 0 radical (unpaired) electrons. The van der Waals surface area contributed by atoms with Crippen LogP contribution in [0.5, 0.6) is 0 Å². The number of nitrogens with one attached hydrogen (secondary N) is 1. The van der Waals surface area contributed by atoms with Crippen molar-refractivity contribution in [1.29, 1.82) is 0 Å². The van der Waals surface area contributed by atoms with Gasteiger partial charge in [0, 0.05) is 26.7 Å². The van der Waals surface area contributed by atoms with Crippen LogP contribution < -0.4 is 5.32 Å². The largest absolute Gasteiger partial charge is 0.316 e. The summed E-state index contributed by atoms with van der Waals surface area (Å²) in [5, 5.41) is 4.59. The highest BCUT2D eigenvalue weighted by atomic mass is 35.5. The molecule has 1 atom stereocenters. The predicted octanol–water partition coefficient (Wildman–Crippen LogP) is 5.06. The summed E-state index contributed by atoms with van der Waals surface area (Å²) in [5.41, 5.74) is 0.827. The van der Waals surface area contributed by atoms with Crippen LogP contribution >= 0.6 is 35.0 Å². The fraction of sp³-hybridized carbons (Fsp3) is 0.250. The lowest BCUT2D eigenvalue weighted by Crippen LogP contribution is -2.30. The molecule has 2 aromatic rings. The van der Waals surface area contributed by atoms with E-state index in [0.29, 0.717) is 11.4 Å². The van der Waals surface area contributed by atoms with E-state index in [2.05, 4.69) is 5.32 Å². The first-order valence-corrected chi connectivity index (χ1v) is 8.32. The van der Waals surface area contributed by atoms with Crippen LogP contribution in [0.2, 0.25) is 10.0 Å². The Labute approximate surface area is 138 Å². The van der Waals surface area contributed by atoms with Crippen LogP contribution in [0.25, 0.3) is 0 Å². The van der Waals surface area contributed by atoms with Gasteiger partial charge in [0.2, 0.25) is 0 Å². The maximum absolute atomic E-state index is 13.3. The van der Waals surface area contributed by atoms with Gasteiger partial charge in [-0.05, 0) is 61.5 Å². The van der Waals surface area contributed by atoms with Crippen molar-refractivity contribution in [3.63, 3.8) is 0 Å². The number of hydrogen-bond acceptors (Lipinski definition) is 2. The van der Waals surface area contributed by atoms with Crippen molar-refractivity contribution in [2.24, 2.45) is 0 Å². The number of hydrogen-bond donors (Lipinski definition) is 1. The van der Waals surface area contributed by atoms with Gasteiger partial charge in [-0.25, -0.2) is 4.39 Å². The molecule has 0 aliphatic carbocycles. The standard InChI is InChI=1S/C16H16Cl2FNS/c1-20-14(9-11-8-13(19)4-7-16(11)18)10-21-15-5-2-12(17)3-6-15/h2-8,14,20H,9-10H2,1H3. The van der Waals surface area contributed by atoms with E-state index >= 15 is 0 Å². The summed E-state index contributed by atoms with van der Waals surface area (Å²) in [7, 11) is 1.90. The quantitative estimate of drug-likeness (QED) is 0.736. The van der Waals surface area contributed by atoms with Gasteiger partial charge in [-0.1, -0.05) is 23.2 Å². The molecule has 5 heteroatoms. The number of benzene rings is 2. The van der Waals surface area contributed by atoms with Gasteiger partial charge >= 0.3 is 0 Å². The SMILES string of the molecule is CNC(CSc1ccc(Cl)cc1)Cc1cc(F)ccc1Cl. The van der Waals surface area contributed by atoms with Crippen LogP contribution in [0.1, 0.15) is 5.56 Å². The second-order valence-electron chi connectivity index (χ2n) is 4.69. The van der Waals surface area contributed by atoms with E-state index in [-0.39, 0.29) is 11.9 Å². The third-order valence-electron chi connectivity index (χ3n) is 3.15. The van der Waals surface area contributed by atoms with E-state index in [0.717, 1.165) is 21.2 Å². The highest BCUT2D eigenvalue weighted by molar-refractivity contribution is 7.99. The molecule has 21 heavy (non-hydrogen) atoms. The molecular weight excluding hydrogens is 328 g/mol. The molecule has 1 unspecified atom stereocenters. The van der Waals surface area contributed by atoms with E-state index in [1.165, 1.54) is 12.1 Å². The van der Waals surface area contributed by atoms with E-state index in [9.17, 15) is 4.39 Å². The first-order valence-electron chi connectivity index (χ1n) is 6.58. The third-order valence-corrected chi connectivity index (χ3v) is 4.94. The molecule has 1 N–H and O–H groups in total. The molecule has 0 aliphatic rings. The average Bonchev–Trinajstić information content (AvgIpc) is 2.48. The minimum Gasteiger partial charge on any atom is -0.316 e. The van der Waals surface area contributed by atoms with Crippen molar-refractivity contribution in [2.45, 2.75) is 17.4 Å². The van der Waals surface area contributed by atoms with Crippen LogP contribution in [0, 0.1) is 5.82 Å². The van der Waals surface area contributed by atoms with Crippen molar-refractivity contribution in [3.8, 4) is 0 Å². The molecule has 0 fully saturated rings. The molecule has 2 rings (SSSR count). The third kappa shape index (κ3) is 5.19. The minimum absolute atomic E-state index is 0.213. The Morgan fingerprint density at radius 1 is 1.14 bits per heavy atom. The fourth-order valence-corrected chi connectivity index (χ4v) is 3.26. The lowest BCUT2D eigenvalue weighted by Gasteiger charge is -2.17. The molecule has 0 bridgehead atoms. The van der Waals surface area contributed by atoms with Crippen molar-refractivity contribution < 1.29 is 4.39 Å². The van der Waals surface area contributed by atoms with Crippen molar-refractivity contribution in [2.75, 3.05) is 12.8 Å². The second-order valence-corrected chi connectivity index (χ2v) is 6.63. The number of rotatable bonds is 6. The maximum Gasteiger partial charge on any atom is 0.123 e. The summed E-state index contributed by atoms with van der Waals surface area (Å²) in [6.07, 6.45) is 0.688. The summed E-state index contributed by atoms with van der Waals surface area (Å²) in [4.78, 5) is 1.16. The lowest BCUT2D eigenvalue weighted by molar-refractivity contribution is 0.603. The zero-order valence-corrected chi connectivity index (χ0v) is 13.9. The smallest absolute Gasteiger partial charge is 0.123 e. The molecule has 0 saturated carbocycles. The lowest BCUT2D eigenvalue weighted by atomic mass is 10.1. The van der Waals surface area contributed by atoms with Gasteiger partial charge in [0.15, 0.2) is 0 Å². The second kappa shape index (κ2) is 8.04. The van der Waals surface area contributed by atoms with Crippen LogP contribution in [-0.4, -0.2) is 18.8 Å². The molecule has 0 spiro atoms. The average molecular weight is 344 g/mol. The zero-order chi connectivity index (χ0) is 15.2. The minimum atomic E-state index is -0.255. The van der Waals surface area contributed by atoms with Gasteiger partial charge in [-0.2, -0.15) is 0 Å². The monoisotopic (exact) mass is 343 g/mol. The molecule has 112 valence electrons. The van der Waals surface area contributed by atoms with Gasteiger partial charge in [-0.15, -0.1) is 11.8 Å². The van der Waals surface area contributed by atoms with E-state index < -0.39 is 0 Å². The molecular formula is C16H16Cl2FNS. The van der Waals surface area contributed by atoms with Crippen molar-refractivity contribution in [1.82, 2.24) is 5.32 Å². The van der Waals surface area contributed by atoms with E-state index in [1.807, 2.05) is 31.3 Å². The molecule has 0 saturated heterocycles. The first-order chi connectivity index (χ1) is 10.1. The normalized spacial score (nSPS) is 12.4. The molecule has 0 aliphatic heterocycles. The molecule has 0 amide bonds. The molecule has 0 heterocycles. The van der Waals surface area contributed by atoms with Crippen molar-refractivity contribution in [3.05, 3.63) is 63.9 Å². The number of likely N-dealkylation sites (N-methyl/N-ethyl adjacent to an activating group) is 1. The van der Waals surface area contributed by atoms with Gasteiger partial charge in [0.05, 0.1) is 0 Å². The summed E-state index contributed by atoms with van der Waals surface area (Å²) in [6, 6.07) is 12.4. The number of halogens is 3. The summed E-state index contributed by atoms with van der Waals surface area (Å²) < 4.78 is 13.3. The Balaban J connectivity index is 1.96. The zero-order valence-electron chi connectivity index (χ0n) is 11.6. The van der Waals surface area contributed by atoms with Crippen LogP contribution in [0.3, 0.4) is 0 Å². The van der Waals surface area contributed by atoms with E-state index in [1.54, 1.807) is 17.8 Å². The van der Waals surface area contributed by atoms with Crippen LogP contribution in [0.4, 0.5) is 4.39 Å². The highest BCUT2D eigenvalue weighted by Gasteiger charge is 2.11.